The molecule has 0 spiro atoms. The van der Waals surface area contributed by atoms with Gasteiger partial charge in [0.2, 0.25) is 0 Å². The van der Waals surface area contributed by atoms with Crippen LogP contribution >= 0.6 is 8.58 Å². The van der Waals surface area contributed by atoms with Crippen molar-refractivity contribution in [1.82, 2.24) is 0 Å². The van der Waals surface area contributed by atoms with E-state index in [0.29, 0.717) is 5.57 Å². The number of hydrogen-bond donors (Lipinski definition) is 1. The topological polar surface area (TPSA) is 43.3 Å². The Morgan fingerprint density at radius 2 is 1.19 bits per heavy atom. The molecule has 1 N–H and O–H groups in total. The van der Waals surface area contributed by atoms with E-state index in [1.165, 1.54) is 10.6 Å². The molecule has 0 fully saturated rings. The molecule has 1 aliphatic carbocycles. The second kappa shape index (κ2) is 13.7. The minimum atomic E-state index is -0.866. The molecule has 3 aromatic rings. The van der Waals surface area contributed by atoms with Crippen molar-refractivity contribution in [3.8, 4) is 0 Å². The molecule has 4 rings (SSSR count). The van der Waals surface area contributed by atoms with Crippen LogP contribution in [-0.4, -0.2) is 5.11 Å². The van der Waals surface area contributed by atoms with Gasteiger partial charge in [-0.15, -0.1) is 0 Å². The van der Waals surface area contributed by atoms with Crippen LogP contribution in [0.1, 0.15) is 0 Å². The average molecular weight is 416 g/mol. The van der Waals surface area contributed by atoms with Crippen LogP contribution in [0.25, 0.3) is 0 Å². The first-order chi connectivity index (χ1) is 12.8. The molecule has 3 aromatic carbocycles. The second-order valence-corrected chi connectivity index (χ2v) is 6.70. The maximum Gasteiger partial charge on any atom is 2.00 e. The van der Waals surface area contributed by atoms with Crippen molar-refractivity contribution in [3.05, 3.63) is 127 Å². The summed E-state index contributed by atoms with van der Waals surface area (Å²) in [5.74, 6) is -0.866. The number of aliphatic hydroxyl groups excluding tert-OH is 1. The minimum Gasteiger partial charge on any atom is -0.629 e. The fourth-order valence-electron chi connectivity index (χ4n) is 2.05. The molecule has 1 aliphatic rings. The third kappa shape index (κ3) is 9.72. The zero-order valence-electron chi connectivity index (χ0n) is 14.7. The zero-order chi connectivity index (χ0) is 18.5. The van der Waals surface area contributed by atoms with E-state index < -0.39 is 5.95 Å². The van der Waals surface area contributed by atoms with E-state index in [0.717, 1.165) is 8.58 Å². The second-order valence-electron chi connectivity index (χ2n) is 5.30. The monoisotopic (exact) mass is 416 g/mol. The van der Waals surface area contributed by atoms with Gasteiger partial charge in [-0.05, 0) is 16.2 Å². The van der Waals surface area contributed by atoms with E-state index in [9.17, 15) is 5.11 Å². The van der Waals surface area contributed by atoms with Gasteiger partial charge in [-0.25, -0.2) is 12.1 Å². The van der Waals surface area contributed by atoms with Crippen molar-refractivity contribution < 1.29 is 27.3 Å². The molecule has 0 aliphatic heterocycles. The van der Waals surface area contributed by atoms with Gasteiger partial charge in [-0.2, -0.15) is 18.2 Å². The number of hydrogen-bond acceptors (Lipinski definition) is 2. The summed E-state index contributed by atoms with van der Waals surface area (Å²) in [5, 5.41) is 21.1. The number of benzene rings is 2. The predicted octanol–water partition coefficient (Wildman–Crippen LogP) is 3.96. The van der Waals surface area contributed by atoms with Gasteiger partial charge in [0.25, 0.3) is 0 Å². The molecule has 0 aromatic heterocycles. The van der Waals surface area contributed by atoms with Crippen LogP contribution in [0.15, 0.2) is 127 Å². The standard InChI is InChI=1S/C12H11P.C6H6O2.C5H5.Fe/c1-3-7-11(8-4-1)13-12-9-5-2-6-10-12;7-6(8)5-3-1-2-4-5;1-2-4-5-3-1;/h1-10,13H;1-4,7-8H;1-5H;/q;;-1;+2/p-1. The molecule has 0 atom stereocenters. The van der Waals surface area contributed by atoms with Gasteiger partial charge < -0.3 is 10.2 Å². The summed E-state index contributed by atoms with van der Waals surface area (Å²) >= 11 is 0. The third-order valence-corrected chi connectivity index (χ3v) is 4.55. The maximum absolute atomic E-state index is 10.1. The van der Waals surface area contributed by atoms with Crippen LogP contribution in [-0.2, 0) is 17.1 Å². The normalized spacial score (nSPS) is 10.7. The summed E-state index contributed by atoms with van der Waals surface area (Å²) in [6.07, 6.45) is 6.51. The summed E-state index contributed by atoms with van der Waals surface area (Å²) in [7, 11) is 0.777. The first kappa shape index (κ1) is 22.6. The summed E-state index contributed by atoms with van der Waals surface area (Å²) in [5.41, 5.74) is 0.352. The van der Waals surface area contributed by atoms with Crippen LogP contribution in [0, 0.1) is 0 Å². The fourth-order valence-corrected chi connectivity index (χ4v) is 3.10. The third-order valence-electron chi connectivity index (χ3n) is 3.30. The van der Waals surface area contributed by atoms with Crippen LogP contribution in [0.4, 0.5) is 0 Å². The summed E-state index contributed by atoms with van der Waals surface area (Å²) in [4.78, 5) is 0. The smallest absolute Gasteiger partial charge is 0.629 e. The fraction of sp³-hybridized carbons (Fsp3) is 0. The summed E-state index contributed by atoms with van der Waals surface area (Å²) < 4.78 is 0. The van der Waals surface area contributed by atoms with Crippen molar-refractivity contribution in [1.29, 1.82) is 0 Å². The van der Waals surface area contributed by atoms with Crippen LogP contribution < -0.4 is 15.7 Å². The van der Waals surface area contributed by atoms with Crippen LogP contribution in [0.3, 0.4) is 0 Å². The van der Waals surface area contributed by atoms with Gasteiger partial charge in [0, 0.05) is 0 Å². The van der Waals surface area contributed by atoms with E-state index >= 15 is 0 Å². The van der Waals surface area contributed by atoms with Gasteiger partial charge >= 0.3 is 17.1 Å². The predicted molar refractivity (Wildman–Crippen MR) is 110 cm³/mol. The van der Waals surface area contributed by atoms with E-state index in [1.807, 2.05) is 30.3 Å². The van der Waals surface area contributed by atoms with Crippen molar-refractivity contribution in [3.63, 3.8) is 0 Å². The van der Waals surface area contributed by atoms with Gasteiger partial charge in [-0.1, -0.05) is 93.5 Å². The molecule has 0 bridgehead atoms. The quantitative estimate of drug-likeness (QED) is 0.298. The van der Waals surface area contributed by atoms with Crippen molar-refractivity contribution in [2.24, 2.45) is 0 Å². The first-order valence-electron chi connectivity index (χ1n) is 8.24. The Morgan fingerprint density at radius 1 is 0.741 bits per heavy atom. The zero-order valence-corrected chi connectivity index (χ0v) is 16.8. The van der Waals surface area contributed by atoms with Crippen molar-refractivity contribution >= 4 is 19.2 Å². The Kier molecular flexibility index (Phi) is 11.5. The Bertz CT molecular complexity index is 751. The molecule has 0 amide bonds. The maximum atomic E-state index is 10.1. The Morgan fingerprint density at radius 3 is 1.48 bits per heavy atom. The van der Waals surface area contributed by atoms with Crippen LogP contribution in [0.5, 0.6) is 0 Å². The molecule has 27 heavy (non-hydrogen) atoms. The summed E-state index contributed by atoms with van der Waals surface area (Å²) in [6.45, 7) is 0. The molecular formula is C23H21FeO2P. The first-order valence-corrected chi connectivity index (χ1v) is 9.24. The molecule has 0 heterocycles. The van der Waals surface area contributed by atoms with Crippen molar-refractivity contribution in [2.45, 2.75) is 0 Å². The average Bonchev–Trinajstić information content (AvgIpc) is 3.41. The Hall–Kier alpha value is -2.44. The number of rotatable bonds is 2. The van der Waals surface area contributed by atoms with E-state index in [4.69, 9.17) is 5.11 Å². The number of aliphatic hydroxyl groups is 1. The van der Waals surface area contributed by atoms with Gasteiger partial charge in [0.1, 0.15) is 0 Å². The minimum absolute atomic E-state index is 0. The van der Waals surface area contributed by atoms with E-state index in [-0.39, 0.29) is 17.1 Å². The molecule has 0 saturated heterocycles. The van der Waals surface area contributed by atoms with E-state index in [1.54, 1.807) is 24.3 Å². The van der Waals surface area contributed by atoms with Gasteiger partial charge in [0.05, 0.1) is 5.95 Å². The Balaban J connectivity index is 0.000000223. The summed E-state index contributed by atoms with van der Waals surface area (Å²) in [6, 6.07) is 31.2. The SMILES string of the molecule is [Fe+2].[O-]C(O)=C1C=CC=C1.c1cc[cH-]c1.c1ccc(Pc2ccccc2)cc1. The largest absolute Gasteiger partial charge is 2.00 e. The Labute approximate surface area is 173 Å². The van der Waals surface area contributed by atoms with Crippen LogP contribution in [0.2, 0.25) is 0 Å². The molecular weight excluding hydrogens is 395 g/mol. The molecule has 0 unspecified atom stereocenters. The molecule has 138 valence electrons. The molecule has 4 heteroatoms. The van der Waals surface area contributed by atoms with E-state index in [2.05, 4.69) is 60.7 Å². The molecule has 0 saturated carbocycles. The molecule has 0 radical (unpaired) electrons. The number of allylic oxidation sites excluding steroid dienone is 5. The van der Waals surface area contributed by atoms with Gasteiger partial charge in [-0.3, -0.25) is 0 Å². The van der Waals surface area contributed by atoms with Gasteiger partial charge in [0.15, 0.2) is 0 Å². The molecule has 2 nitrogen and oxygen atoms in total. The van der Waals surface area contributed by atoms with Crippen molar-refractivity contribution in [2.75, 3.05) is 0 Å².